The summed E-state index contributed by atoms with van der Waals surface area (Å²) in [5.74, 6) is -7.07. The highest BCUT2D eigenvalue weighted by atomic mass is 16.6. The fourth-order valence-corrected chi connectivity index (χ4v) is 5.82. The molecule has 3 atom stereocenters. The second kappa shape index (κ2) is 7.42. The van der Waals surface area contributed by atoms with Crippen LogP contribution in [0.3, 0.4) is 0 Å². The summed E-state index contributed by atoms with van der Waals surface area (Å²) in [5, 5.41) is 47.4. The molecule has 10 nitrogen and oxygen atoms in total. The van der Waals surface area contributed by atoms with E-state index in [1.54, 1.807) is 0 Å². The lowest BCUT2D eigenvalue weighted by Crippen LogP contribution is -2.64. The normalized spacial score (nSPS) is 30.0. The van der Waals surface area contributed by atoms with Crippen molar-refractivity contribution in [3.63, 3.8) is 0 Å². The van der Waals surface area contributed by atoms with E-state index in [4.69, 9.17) is 10.6 Å². The van der Waals surface area contributed by atoms with E-state index in [0.29, 0.717) is 0 Å². The van der Waals surface area contributed by atoms with E-state index in [1.807, 2.05) is 6.07 Å². The molecular weight excluding hydrogens is 444 g/mol. The Morgan fingerprint density at radius 1 is 1.12 bits per heavy atom. The molecule has 5 rings (SSSR count). The molecule has 1 aromatic carbocycles. The van der Waals surface area contributed by atoms with E-state index in [0.717, 1.165) is 30.4 Å². The highest BCUT2D eigenvalue weighted by Gasteiger charge is 2.64. The summed E-state index contributed by atoms with van der Waals surface area (Å²) in [6.45, 7) is 0. The van der Waals surface area contributed by atoms with Crippen LogP contribution in [0.1, 0.15) is 48.3 Å². The number of nitrogens with zero attached hydrogens (tertiary/aromatic N) is 1. The first-order valence-corrected chi connectivity index (χ1v) is 11.1. The topological polar surface area (TPSA) is 180 Å². The van der Waals surface area contributed by atoms with Gasteiger partial charge in [-0.15, -0.1) is 0 Å². The number of hydrogen-bond donors (Lipinski definition) is 5. The van der Waals surface area contributed by atoms with Crippen molar-refractivity contribution in [1.82, 2.24) is 0 Å². The Bertz CT molecular complexity index is 1260. The van der Waals surface area contributed by atoms with Crippen molar-refractivity contribution in [2.45, 2.75) is 43.6 Å². The fourth-order valence-electron chi connectivity index (χ4n) is 5.82. The van der Waals surface area contributed by atoms with Gasteiger partial charge in [-0.05, 0) is 54.7 Å². The predicted octanol–water partition coefficient (Wildman–Crippen LogP) is 1.30. The highest BCUT2D eigenvalue weighted by molar-refractivity contribution is 6.38. The van der Waals surface area contributed by atoms with E-state index in [1.165, 1.54) is 13.2 Å². The lowest BCUT2D eigenvalue weighted by atomic mass is 9.57. The van der Waals surface area contributed by atoms with Gasteiger partial charge in [-0.3, -0.25) is 14.4 Å². The van der Waals surface area contributed by atoms with Crippen molar-refractivity contribution in [1.29, 1.82) is 0 Å². The van der Waals surface area contributed by atoms with Gasteiger partial charge in [0.2, 0.25) is 11.6 Å². The van der Waals surface area contributed by atoms with Gasteiger partial charge in [0.15, 0.2) is 11.4 Å². The second-order valence-corrected chi connectivity index (χ2v) is 9.28. The Morgan fingerprint density at radius 3 is 2.41 bits per heavy atom. The maximum absolute atomic E-state index is 13.6. The standard InChI is InChI=1S/C24H24N2O8/c1-34-26-18-13-8-10-7-12-11(9-3-2-4-9)5-6-14(27)16(12)19(28)15(10)21(30)24(13,33)22(31)17(20(18)29)23(25)32/h5-6,9-10,13,27-29,33H,2-4,7-8H2,1H3,(H2,25,32)/b26-18-/t10-,13-,24-/m0/s1. The quantitative estimate of drug-likeness (QED) is 0.250. The molecule has 1 amide bonds. The second-order valence-electron chi connectivity index (χ2n) is 9.28. The van der Waals surface area contributed by atoms with Gasteiger partial charge in [0.05, 0.1) is 11.5 Å². The molecular formula is C24H24N2O8. The number of primary amides is 1. The third-order valence-corrected chi connectivity index (χ3v) is 7.66. The number of oxime groups is 1. The fraction of sp³-hybridized carbons (Fsp3) is 0.417. The van der Waals surface area contributed by atoms with Gasteiger partial charge < -0.3 is 31.0 Å². The number of carbonyl (C=O) groups is 3. The Balaban J connectivity index is 1.71. The van der Waals surface area contributed by atoms with Crippen molar-refractivity contribution in [2.24, 2.45) is 22.7 Å². The molecule has 4 aliphatic rings. The van der Waals surface area contributed by atoms with Crippen molar-refractivity contribution in [3.8, 4) is 5.75 Å². The van der Waals surface area contributed by atoms with Crippen molar-refractivity contribution >= 4 is 28.9 Å². The molecule has 0 radical (unpaired) electrons. The van der Waals surface area contributed by atoms with Crippen LogP contribution in [-0.2, 0) is 25.6 Å². The number of fused-ring (bicyclic) bond motifs is 3. The summed E-state index contributed by atoms with van der Waals surface area (Å²) in [6.07, 6.45) is 3.26. The number of phenols is 1. The van der Waals surface area contributed by atoms with Crippen molar-refractivity contribution < 1.29 is 39.6 Å². The number of Topliss-reactive ketones (excluding diaryl/α,β-unsaturated/α-hetero) is 2. The summed E-state index contributed by atoms with van der Waals surface area (Å²) in [5.41, 5.74) is 2.74. The number of aliphatic hydroxyl groups is 3. The number of phenolic OH excluding ortho intramolecular Hbond substituents is 1. The lowest BCUT2D eigenvalue weighted by Gasteiger charge is -2.46. The zero-order chi connectivity index (χ0) is 24.5. The number of aromatic hydroxyl groups is 1. The van der Waals surface area contributed by atoms with E-state index in [-0.39, 0.29) is 41.4 Å². The van der Waals surface area contributed by atoms with Gasteiger partial charge in [0, 0.05) is 5.57 Å². The third kappa shape index (κ3) is 2.71. The highest BCUT2D eigenvalue weighted by Crippen LogP contribution is 2.52. The molecule has 0 spiro atoms. The molecule has 2 fully saturated rings. The molecule has 1 aromatic rings. The molecule has 6 N–H and O–H groups in total. The van der Waals surface area contributed by atoms with Crippen LogP contribution in [0.5, 0.6) is 5.75 Å². The van der Waals surface area contributed by atoms with Crippen LogP contribution in [0.15, 0.2) is 34.2 Å². The number of rotatable bonds is 3. The van der Waals surface area contributed by atoms with Crippen molar-refractivity contribution in [2.75, 3.05) is 7.11 Å². The minimum atomic E-state index is -2.83. The summed E-state index contributed by atoms with van der Waals surface area (Å²) < 4.78 is 0. The molecule has 178 valence electrons. The first-order valence-electron chi connectivity index (χ1n) is 11.1. The monoisotopic (exact) mass is 468 g/mol. The first-order chi connectivity index (χ1) is 16.1. The summed E-state index contributed by atoms with van der Waals surface area (Å²) in [4.78, 5) is 43.5. The van der Waals surface area contributed by atoms with Gasteiger partial charge in [0.25, 0.3) is 5.91 Å². The van der Waals surface area contributed by atoms with Crippen LogP contribution < -0.4 is 5.73 Å². The molecule has 0 aromatic heterocycles. The maximum atomic E-state index is 13.6. The van der Waals surface area contributed by atoms with Gasteiger partial charge >= 0.3 is 0 Å². The van der Waals surface area contributed by atoms with E-state index >= 15 is 0 Å². The number of hydrogen-bond acceptors (Lipinski definition) is 9. The first kappa shape index (κ1) is 22.1. The Hall–Kier alpha value is -3.66. The van der Waals surface area contributed by atoms with Crippen LogP contribution in [0.4, 0.5) is 0 Å². The molecule has 4 aliphatic carbocycles. The number of benzene rings is 1. The van der Waals surface area contributed by atoms with E-state index in [2.05, 4.69) is 5.16 Å². The molecule has 10 heteroatoms. The number of nitrogens with two attached hydrogens (primary N) is 1. The largest absolute Gasteiger partial charge is 0.507 e. The molecule has 0 heterocycles. The lowest BCUT2D eigenvalue weighted by molar-refractivity contribution is -0.153. The minimum absolute atomic E-state index is 0.0507. The molecule has 2 saturated carbocycles. The van der Waals surface area contributed by atoms with Crippen LogP contribution >= 0.6 is 0 Å². The number of amides is 1. The zero-order valence-corrected chi connectivity index (χ0v) is 18.4. The van der Waals surface area contributed by atoms with Crippen LogP contribution in [0, 0.1) is 11.8 Å². The Morgan fingerprint density at radius 2 is 1.82 bits per heavy atom. The van der Waals surface area contributed by atoms with Crippen LogP contribution in [-0.4, -0.2) is 56.3 Å². The predicted molar refractivity (Wildman–Crippen MR) is 118 cm³/mol. The number of allylic oxidation sites excluding steroid dienone is 1. The summed E-state index contributed by atoms with van der Waals surface area (Å²) in [6, 6.07) is 3.29. The van der Waals surface area contributed by atoms with E-state index < -0.39 is 52.0 Å². The van der Waals surface area contributed by atoms with Gasteiger partial charge in [-0.25, -0.2) is 0 Å². The Labute approximate surface area is 194 Å². The molecule has 0 bridgehead atoms. The zero-order valence-electron chi connectivity index (χ0n) is 18.4. The van der Waals surface area contributed by atoms with Gasteiger partial charge in [-0.1, -0.05) is 17.6 Å². The van der Waals surface area contributed by atoms with Crippen LogP contribution in [0.25, 0.3) is 5.76 Å². The number of carbonyl (C=O) groups excluding carboxylic acids is 3. The Kier molecular flexibility index (Phi) is 4.84. The average molecular weight is 468 g/mol. The van der Waals surface area contributed by atoms with Gasteiger partial charge in [0.1, 0.15) is 29.9 Å². The molecule has 0 aliphatic heterocycles. The average Bonchev–Trinajstić information content (AvgIpc) is 2.74. The van der Waals surface area contributed by atoms with Crippen molar-refractivity contribution in [3.05, 3.63) is 45.7 Å². The summed E-state index contributed by atoms with van der Waals surface area (Å²) >= 11 is 0. The number of aliphatic hydroxyl groups excluding tert-OH is 2. The SMILES string of the molecule is CO/N=C1\C(O)=C(C(N)=O)C(=O)[C@@]2(O)C(=O)C3=C(O)c4c(O)ccc(C5CCC5)c4C[C@H]3C[C@@H]12. The van der Waals surface area contributed by atoms with Crippen LogP contribution in [0.2, 0.25) is 0 Å². The molecule has 34 heavy (non-hydrogen) atoms. The third-order valence-electron chi connectivity index (χ3n) is 7.66. The van der Waals surface area contributed by atoms with Gasteiger partial charge in [-0.2, -0.15) is 0 Å². The summed E-state index contributed by atoms with van der Waals surface area (Å²) in [7, 11) is 1.17. The molecule has 0 unspecified atom stereocenters. The smallest absolute Gasteiger partial charge is 0.256 e. The molecule has 0 saturated heterocycles. The maximum Gasteiger partial charge on any atom is 0.256 e. The minimum Gasteiger partial charge on any atom is -0.507 e. The number of ketones is 2. The van der Waals surface area contributed by atoms with E-state index in [9.17, 15) is 34.8 Å².